The number of carbonyl (C=O) groups is 1. The molecule has 2 fully saturated rings. The van der Waals surface area contributed by atoms with E-state index in [0.717, 1.165) is 37.8 Å². The van der Waals surface area contributed by atoms with E-state index in [2.05, 4.69) is 0 Å². The van der Waals surface area contributed by atoms with Crippen molar-refractivity contribution < 1.29 is 9.90 Å². The van der Waals surface area contributed by atoms with Crippen molar-refractivity contribution in [3.8, 4) is 0 Å². The molecular formula is C17H21Cl2NO2. The number of hydrogen-bond donors (Lipinski definition) is 1. The van der Waals surface area contributed by atoms with Gasteiger partial charge >= 0.3 is 0 Å². The van der Waals surface area contributed by atoms with Crippen molar-refractivity contribution in [3.63, 3.8) is 0 Å². The first-order chi connectivity index (χ1) is 10.6. The number of piperidine rings is 1. The van der Waals surface area contributed by atoms with Gasteiger partial charge in [0.15, 0.2) is 0 Å². The van der Waals surface area contributed by atoms with Crippen molar-refractivity contribution in [2.75, 3.05) is 13.2 Å². The molecule has 1 aromatic carbocycles. The lowest BCUT2D eigenvalue weighted by atomic mass is 9.98. The van der Waals surface area contributed by atoms with Gasteiger partial charge in [0, 0.05) is 35.2 Å². The highest BCUT2D eigenvalue weighted by atomic mass is 35.5. The molecule has 3 rings (SSSR count). The van der Waals surface area contributed by atoms with Crippen LogP contribution in [0.1, 0.15) is 43.6 Å². The summed E-state index contributed by atoms with van der Waals surface area (Å²) in [6, 6.07) is 5.74. The van der Waals surface area contributed by atoms with Crippen molar-refractivity contribution in [1.82, 2.24) is 4.90 Å². The van der Waals surface area contributed by atoms with Crippen molar-refractivity contribution in [2.45, 2.75) is 44.1 Å². The largest absolute Gasteiger partial charge is 0.396 e. The van der Waals surface area contributed by atoms with Crippen molar-refractivity contribution in [3.05, 3.63) is 33.8 Å². The third kappa shape index (κ3) is 3.42. The van der Waals surface area contributed by atoms with Crippen LogP contribution in [0.3, 0.4) is 0 Å². The second kappa shape index (κ2) is 6.77. The molecule has 120 valence electrons. The highest BCUT2D eigenvalue weighted by molar-refractivity contribution is 6.34. The number of rotatable bonds is 4. The standard InChI is InChI=1S/C17H21Cl2NO2/c18-12-7-11(8-13(19)9-12)15-10-16(15)17(22)20-5-2-1-3-14(20)4-6-21/h7-9,14-16,21H,1-6,10H2. The molecule has 1 aliphatic heterocycles. The second-order valence-corrected chi connectivity index (χ2v) is 7.22. The zero-order valence-electron chi connectivity index (χ0n) is 12.5. The van der Waals surface area contributed by atoms with Crippen molar-refractivity contribution in [2.24, 2.45) is 5.92 Å². The average molecular weight is 342 g/mol. The molecule has 5 heteroatoms. The predicted molar refractivity (Wildman–Crippen MR) is 88.4 cm³/mol. The highest BCUT2D eigenvalue weighted by Gasteiger charge is 2.47. The summed E-state index contributed by atoms with van der Waals surface area (Å²) in [4.78, 5) is 14.8. The molecule has 2 aliphatic rings. The fraction of sp³-hybridized carbons (Fsp3) is 0.588. The summed E-state index contributed by atoms with van der Waals surface area (Å²) in [5.74, 6) is 0.522. The minimum Gasteiger partial charge on any atom is -0.396 e. The molecule has 0 radical (unpaired) electrons. The average Bonchev–Trinajstić information content (AvgIpc) is 3.27. The molecule has 1 amide bonds. The van der Waals surface area contributed by atoms with Crippen molar-refractivity contribution >= 4 is 29.1 Å². The van der Waals surface area contributed by atoms with Gasteiger partial charge in [-0.25, -0.2) is 0 Å². The zero-order valence-corrected chi connectivity index (χ0v) is 14.0. The van der Waals surface area contributed by atoms with Gasteiger partial charge in [0.25, 0.3) is 0 Å². The van der Waals surface area contributed by atoms with Crippen LogP contribution in [0.2, 0.25) is 10.0 Å². The molecule has 1 aromatic rings. The lowest BCUT2D eigenvalue weighted by molar-refractivity contribution is -0.136. The van der Waals surface area contributed by atoms with E-state index >= 15 is 0 Å². The molecule has 3 atom stereocenters. The van der Waals surface area contributed by atoms with Crippen LogP contribution in [0, 0.1) is 5.92 Å². The van der Waals surface area contributed by atoms with E-state index in [1.165, 1.54) is 0 Å². The van der Waals surface area contributed by atoms with E-state index in [1.54, 1.807) is 6.07 Å². The Morgan fingerprint density at radius 3 is 2.64 bits per heavy atom. The zero-order chi connectivity index (χ0) is 15.7. The summed E-state index contributed by atoms with van der Waals surface area (Å²) in [7, 11) is 0. The Morgan fingerprint density at radius 2 is 1.95 bits per heavy atom. The van der Waals surface area contributed by atoms with Gasteiger partial charge in [-0.1, -0.05) is 23.2 Å². The molecule has 22 heavy (non-hydrogen) atoms. The summed E-state index contributed by atoms with van der Waals surface area (Å²) in [6.45, 7) is 0.968. The van der Waals surface area contributed by atoms with Gasteiger partial charge in [-0.05, 0) is 61.8 Å². The third-order valence-corrected chi connectivity index (χ3v) is 5.23. The van der Waals surface area contributed by atoms with E-state index in [0.29, 0.717) is 16.5 Å². The summed E-state index contributed by atoms with van der Waals surface area (Å²) >= 11 is 12.1. The third-order valence-electron chi connectivity index (χ3n) is 4.79. The lowest BCUT2D eigenvalue weighted by Crippen LogP contribution is -2.45. The van der Waals surface area contributed by atoms with Crippen LogP contribution < -0.4 is 0 Å². The van der Waals surface area contributed by atoms with Crippen molar-refractivity contribution in [1.29, 1.82) is 0 Å². The van der Waals surface area contributed by atoms with Crippen LogP contribution >= 0.6 is 23.2 Å². The minimum atomic E-state index is 0.0498. The Bertz CT molecular complexity index is 541. The Balaban J connectivity index is 1.69. The summed E-state index contributed by atoms with van der Waals surface area (Å²) in [5.41, 5.74) is 1.06. The fourth-order valence-corrected chi connectivity index (χ4v) is 4.12. The monoisotopic (exact) mass is 341 g/mol. The van der Waals surface area contributed by atoms with E-state index in [9.17, 15) is 9.90 Å². The van der Waals surface area contributed by atoms with Crippen LogP contribution in [-0.2, 0) is 4.79 Å². The molecule has 1 N–H and O–H groups in total. The van der Waals surface area contributed by atoms with Gasteiger partial charge in [-0.15, -0.1) is 0 Å². The number of carbonyl (C=O) groups excluding carboxylic acids is 1. The van der Waals surface area contributed by atoms with Gasteiger partial charge in [0.2, 0.25) is 5.91 Å². The maximum absolute atomic E-state index is 12.8. The van der Waals surface area contributed by atoms with Gasteiger partial charge in [-0.2, -0.15) is 0 Å². The SMILES string of the molecule is O=C(C1CC1c1cc(Cl)cc(Cl)c1)N1CCCCC1CCO. The molecule has 1 saturated carbocycles. The summed E-state index contributed by atoms with van der Waals surface area (Å²) in [5, 5.41) is 10.4. The van der Waals surface area contributed by atoms with E-state index in [1.807, 2.05) is 17.0 Å². The first-order valence-electron chi connectivity index (χ1n) is 7.97. The number of likely N-dealkylation sites (tertiary alicyclic amines) is 1. The highest BCUT2D eigenvalue weighted by Crippen LogP contribution is 2.50. The molecule has 1 aliphatic carbocycles. The van der Waals surface area contributed by atoms with Gasteiger partial charge in [0.1, 0.15) is 0 Å². The van der Waals surface area contributed by atoms with Gasteiger partial charge in [-0.3, -0.25) is 4.79 Å². The molecule has 1 saturated heterocycles. The fourth-order valence-electron chi connectivity index (χ4n) is 3.58. The number of benzene rings is 1. The second-order valence-electron chi connectivity index (χ2n) is 6.34. The van der Waals surface area contributed by atoms with Gasteiger partial charge < -0.3 is 10.0 Å². The number of aliphatic hydroxyl groups is 1. The van der Waals surface area contributed by atoms with E-state index in [-0.39, 0.29) is 30.4 Å². The molecule has 3 unspecified atom stereocenters. The molecule has 1 heterocycles. The molecule has 0 spiro atoms. The van der Waals surface area contributed by atoms with E-state index in [4.69, 9.17) is 23.2 Å². The summed E-state index contributed by atoms with van der Waals surface area (Å²) in [6.07, 6.45) is 4.77. The van der Waals surface area contributed by atoms with Gasteiger partial charge in [0.05, 0.1) is 0 Å². The number of halogens is 2. The Morgan fingerprint density at radius 1 is 1.23 bits per heavy atom. The van der Waals surface area contributed by atoms with Crippen LogP contribution in [0.5, 0.6) is 0 Å². The molecule has 3 nitrogen and oxygen atoms in total. The van der Waals surface area contributed by atoms with Crippen LogP contribution in [0.15, 0.2) is 18.2 Å². The Kier molecular flexibility index (Phi) is 4.96. The maximum atomic E-state index is 12.8. The number of amides is 1. The Hall–Kier alpha value is -0.770. The summed E-state index contributed by atoms with van der Waals surface area (Å²) < 4.78 is 0. The molecule has 0 aromatic heterocycles. The molecule has 0 bridgehead atoms. The smallest absolute Gasteiger partial charge is 0.226 e. The first-order valence-corrected chi connectivity index (χ1v) is 8.73. The van der Waals surface area contributed by atoms with E-state index < -0.39 is 0 Å². The first kappa shape index (κ1) is 16.1. The number of nitrogens with zero attached hydrogens (tertiary/aromatic N) is 1. The minimum absolute atomic E-state index is 0.0498. The Labute approximate surface area is 141 Å². The topological polar surface area (TPSA) is 40.5 Å². The van der Waals surface area contributed by atoms with Crippen LogP contribution in [0.25, 0.3) is 0 Å². The molecular weight excluding hydrogens is 321 g/mol. The van der Waals surface area contributed by atoms with Crippen LogP contribution in [0.4, 0.5) is 0 Å². The maximum Gasteiger partial charge on any atom is 0.226 e. The normalized spacial score (nSPS) is 27.8. The number of hydrogen-bond acceptors (Lipinski definition) is 2. The lowest BCUT2D eigenvalue weighted by Gasteiger charge is -2.36. The quantitative estimate of drug-likeness (QED) is 0.903. The number of aliphatic hydroxyl groups excluding tert-OH is 1. The predicted octanol–water partition coefficient (Wildman–Crippen LogP) is 3.86. The van der Waals surface area contributed by atoms with Crippen LogP contribution in [-0.4, -0.2) is 35.1 Å².